The second kappa shape index (κ2) is 4.62. The molecule has 2 heteroatoms. The lowest BCUT2D eigenvalue weighted by Gasteiger charge is -2.12. The van der Waals surface area contributed by atoms with Crippen molar-refractivity contribution in [1.82, 2.24) is 0 Å². The number of hydrogen-bond donors (Lipinski definition) is 2. The van der Waals surface area contributed by atoms with Crippen molar-refractivity contribution < 1.29 is 10.2 Å². The summed E-state index contributed by atoms with van der Waals surface area (Å²) in [6, 6.07) is 23.3. The molecule has 0 heterocycles. The highest BCUT2D eigenvalue weighted by molar-refractivity contribution is 6.15. The van der Waals surface area contributed by atoms with E-state index in [0.29, 0.717) is 0 Å². The summed E-state index contributed by atoms with van der Waals surface area (Å²) in [4.78, 5) is 0. The lowest BCUT2D eigenvalue weighted by atomic mass is 9.93. The van der Waals surface area contributed by atoms with Gasteiger partial charge in [0.2, 0.25) is 0 Å². The Kier molecular flexibility index (Phi) is 2.54. The molecule has 0 atom stereocenters. The third kappa shape index (κ3) is 1.60. The maximum Gasteiger partial charge on any atom is 0.124 e. The van der Waals surface area contributed by atoms with Crippen LogP contribution in [-0.2, 0) is 0 Å². The van der Waals surface area contributed by atoms with Crippen LogP contribution in [-0.4, -0.2) is 10.2 Å². The molecule has 0 spiro atoms. The smallest absolute Gasteiger partial charge is 0.124 e. The topological polar surface area (TPSA) is 40.5 Å². The maximum absolute atomic E-state index is 10.6. The Morgan fingerprint density at radius 2 is 1.12 bits per heavy atom. The fourth-order valence-electron chi connectivity index (χ4n) is 3.83. The first kappa shape index (κ1) is 13.2. The lowest BCUT2D eigenvalue weighted by molar-refractivity contribution is 0.477. The van der Waals surface area contributed by atoms with Crippen LogP contribution in [0.25, 0.3) is 44.2 Å². The molecule has 5 rings (SSSR count). The number of aromatic hydroxyl groups is 2. The molecule has 0 aromatic heterocycles. The highest BCUT2D eigenvalue weighted by Gasteiger charge is 2.24. The molecular weight excluding hydrogens is 296 g/mol. The van der Waals surface area contributed by atoms with Crippen molar-refractivity contribution in [2.24, 2.45) is 0 Å². The van der Waals surface area contributed by atoms with Crippen LogP contribution in [0, 0.1) is 0 Å². The minimum atomic E-state index is 0.256. The Labute approximate surface area is 139 Å². The van der Waals surface area contributed by atoms with Crippen molar-refractivity contribution in [2.45, 2.75) is 0 Å². The van der Waals surface area contributed by atoms with Crippen molar-refractivity contribution in [3.63, 3.8) is 0 Å². The largest absolute Gasteiger partial charge is 0.507 e. The zero-order chi connectivity index (χ0) is 16.3. The SMILES string of the molecule is Oc1cccc2c1-c1cccc3ccc(O)c(c13)-c1ccccc1-2. The fraction of sp³-hybridized carbons (Fsp3) is 0. The van der Waals surface area contributed by atoms with Gasteiger partial charge in [0.15, 0.2) is 0 Å². The Bertz CT molecular complexity index is 1130. The number of phenolic OH excluding ortho intramolecular Hbond substituents is 2. The average Bonchev–Trinajstić information content (AvgIpc) is 2.74. The number of hydrogen-bond acceptors (Lipinski definition) is 2. The van der Waals surface area contributed by atoms with Crippen molar-refractivity contribution >= 4 is 10.8 Å². The van der Waals surface area contributed by atoms with Gasteiger partial charge in [0, 0.05) is 16.5 Å². The van der Waals surface area contributed by atoms with Crippen molar-refractivity contribution in [1.29, 1.82) is 0 Å². The third-order valence-corrected chi connectivity index (χ3v) is 4.82. The summed E-state index contributed by atoms with van der Waals surface area (Å²) < 4.78 is 0. The summed E-state index contributed by atoms with van der Waals surface area (Å²) in [5.41, 5.74) is 5.57. The molecule has 0 aliphatic heterocycles. The van der Waals surface area contributed by atoms with Crippen LogP contribution < -0.4 is 0 Å². The van der Waals surface area contributed by atoms with Gasteiger partial charge in [-0.05, 0) is 39.8 Å². The molecule has 0 amide bonds. The van der Waals surface area contributed by atoms with E-state index < -0.39 is 0 Å². The summed E-state index contributed by atoms with van der Waals surface area (Å²) >= 11 is 0. The van der Waals surface area contributed by atoms with Gasteiger partial charge in [-0.2, -0.15) is 0 Å². The molecule has 0 saturated heterocycles. The highest BCUT2D eigenvalue weighted by atomic mass is 16.3. The second-order valence-corrected chi connectivity index (χ2v) is 6.11. The second-order valence-electron chi connectivity index (χ2n) is 6.11. The van der Waals surface area contributed by atoms with Gasteiger partial charge in [-0.15, -0.1) is 0 Å². The zero-order valence-electron chi connectivity index (χ0n) is 12.8. The molecule has 114 valence electrons. The number of phenols is 2. The van der Waals surface area contributed by atoms with Crippen LogP contribution in [0.5, 0.6) is 11.5 Å². The van der Waals surface area contributed by atoms with E-state index in [1.165, 1.54) is 0 Å². The molecule has 4 aromatic carbocycles. The summed E-state index contributed by atoms with van der Waals surface area (Å²) in [5.74, 6) is 0.515. The van der Waals surface area contributed by atoms with E-state index >= 15 is 0 Å². The lowest BCUT2D eigenvalue weighted by Crippen LogP contribution is -1.85. The first-order chi connectivity index (χ1) is 11.8. The van der Waals surface area contributed by atoms with Crippen LogP contribution in [0.4, 0.5) is 0 Å². The molecule has 4 aromatic rings. The van der Waals surface area contributed by atoms with Crippen molar-refractivity contribution in [3.05, 3.63) is 72.8 Å². The van der Waals surface area contributed by atoms with Gasteiger partial charge in [-0.3, -0.25) is 0 Å². The molecule has 0 radical (unpaired) electrons. The van der Waals surface area contributed by atoms with E-state index in [4.69, 9.17) is 0 Å². The van der Waals surface area contributed by atoms with E-state index in [1.807, 2.05) is 60.7 Å². The van der Waals surface area contributed by atoms with Gasteiger partial charge in [-0.1, -0.05) is 60.7 Å². The molecule has 0 bridgehead atoms. The van der Waals surface area contributed by atoms with Gasteiger partial charge in [0.1, 0.15) is 11.5 Å². The molecule has 0 unspecified atom stereocenters. The number of fused-ring (bicyclic) bond motifs is 5. The Balaban J connectivity index is 2.14. The number of rotatable bonds is 0. The third-order valence-electron chi connectivity index (χ3n) is 4.82. The fourth-order valence-corrected chi connectivity index (χ4v) is 3.83. The van der Waals surface area contributed by atoms with Crippen LogP contribution in [0.3, 0.4) is 0 Å². The normalized spacial score (nSPS) is 11.7. The van der Waals surface area contributed by atoms with E-state index in [9.17, 15) is 10.2 Å². The van der Waals surface area contributed by atoms with Crippen LogP contribution in [0.15, 0.2) is 72.8 Å². The van der Waals surface area contributed by atoms with E-state index in [-0.39, 0.29) is 11.5 Å². The van der Waals surface area contributed by atoms with Gasteiger partial charge in [-0.25, -0.2) is 0 Å². The molecule has 1 aliphatic rings. The van der Waals surface area contributed by atoms with Gasteiger partial charge in [0.25, 0.3) is 0 Å². The van der Waals surface area contributed by atoms with Gasteiger partial charge >= 0.3 is 0 Å². The molecule has 0 fully saturated rings. The minimum absolute atomic E-state index is 0.256. The standard InChI is InChI=1S/C22H14O2/c23-18-10-4-8-15-14-6-1-2-7-16(14)22-19(24)12-11-13-5-3-9-17(20(13)22)21(15)18/h1-12,23-24H. The van der Waals surface area contributed by atoms with E-state index in [1.54, 1.807) is 12.1 Å². The summed E-state index contributed by atoms with van der Waals surface area (Å²) in [7, 11) is 0. The Morgan fingerprint density at radius 3 is 2.00 bits per heavy atom. The molecular formula is C22H14O2. The Morgan fingerprint density at radius 1 is 0.458 bits per heavy atom. The van der Waals surface area contributed by atoms with Crippen molar-refractivity contribution in [3.8, 4) is 44.9 Å². The van der Waals surface area contributed by atoms with Crippen LogP contribution >= 0.6 is 0 Å². The molecule has 2 nitrogen and oxygen atoms in total. The number of benzene rings is 4. The maximum atomic E-state index is 10.6. The summed E-state index contributed by atoms with van der Waals surface area (Å²) in [6.45, 7) is 0. The van der Waals surface area contributed by atoms with Crippen LogP contribution in [0.1, 0.15) is 0 Å². The molecule has 1 aliphatic carbocycles. The first-order valence-electron chi connectivity index (χ1n) is 7.92. The predicted molar refractivity (Wildman–Crippen MR) is 97.1 cm³/mol. The van der Waals surface area contributed by atoms with Crippen molar-refractivity contribution in [2.75, 3.05) is 0 Å². The molecule has 24 heavy (non-hydrogen) atoms. The highest BCUT2D eigenvalue weighted by Crippen LogP contribution is 2.52. The molecule has 0 saturated carbocycles. The monoisotopic (exact) mass is 310 g/mol. The first-order valence-corrected chi connectivity index (χ1v) is 7.92. The molecule has 2 N–H and O–H groups in total. The van der Waals surface area contributed by atoms with Gasteiger partial charge in [0.05, 0.1) is 0 Å². The van der Waals surface area contributed by atoms with Gasteiger partial charge < -0.3 is 10.2 Å². The minimum Gasteiger partial charge on any atom is -0.507 e. The summed E-state index contributed by atoms with van der Waals surface area (Å²) in [5, 5.41) is 23.2. The Hall–Kier alpha value is -3.26. The average molecular weight is 310 g/mol. The van der Waals surface area contributed by atoms with E-state index in [2.05, 4.69) is 0 Å². The summed E-state index contributed by atoms with van der Waals surface area (Å²) in [6.07, 6.45) is 0. The quantitative estimate of drug-likeness (QED) is 0.393. The predicted octanol–water partition coefficient (Wildman–Crippen LogP) is 5.57. The van der Waals surface area contributed by atoms with E-state index in [0.717, 1.165) is 44.2 Å². The van der Waals surface area contributed by atoms with Crippen LogP contribution in [0.2, 0.25) is 0 Å². The zero-order valence-corrected chi connectivity index (χ0v) is 12.8.